The highest BCUT2D eigenvalue weighted by atomic mass is 35.5. The van der Waals surface area contributed by atoms with Gasteiger partial charge in [-0.15, -0.1) is 0 Å². The summed E-state index contributed by atoms with van der Waals surface area (Å²) in [5.74, 6) is 2.69. The maximum atomic E-state index is 6.01. The standard InChI is InChI=1S/C25H21ClN2O2/c26-20-9-11-22(12-10-20)30-17-25-27-23-15-18-5-1-2-6-19(18)16-24(23)28(25)13-3-7-21-8-4-14-29-21/h1-2,4-6,8-12,14-16H,3,7,13,17H2. The van der Waals surface area contributed by atoms with Crippen LogP contribution in [0.2, 0.25) is 5.02 Å². The lowest BCUT2D eigenvalue weighted by atomic mass is 10.1. The highest BCUT2D eigenvalue weighted by molar-refractivity contribution is 6.30. The molecule has 0 aliphatic carbocycles. The minimum atomic E-state index is 0.396. The minimum absolute atomic E-state index is 0.396. The summed E-state index contributed by atoms with van der Waals surface area (Å²) in [5.41, 5.74) is 2.12. The lowest BCUT2D eigenvalue weighted by molar-refractivity contribution is 0.289. The van der Waals surface area contributed by atoms with Gasteiger partial charge in [-0.05, 0) is 65.7 Å². The Bertz CT molecular complexity index is 1270. The molecule has 0 amide bonds. The van der Waals surface area contributed by atoms with E-state index in [4.69, 9.17) is 25.7 Å². The zero-order chi connectivity index (χ0) is 20.3. The fourth-order valence-electron chi connectivity index (χ4n) is 3.77. The number of fused-ring (bicyclic) bond motifs is 2. The molecule has 0 N–H and O–H groups in total. The van der Waals surface area contributed by atoms with Crippen LogP contribution in [-0.2, 0) is 19.6 Å². The van der Waals surface area contributed by atoms with Crippen LogP contribution >= 0.6 is 11.6 Å². The SMILES string of the molecule is Clc1ccc(OCc2nc3cc4ccccc4cc3n2CCCc2ccco2)cc1. The van der Waals surface area contributed by atoms with Crippen LogP contribution < -0.4 is 4.74 Å². The number of ether oxygens (including phenoxy) is 1. The molecular weight excluding hydrogens is 396 g/mol. The van der Waals surface area contributed by atoms with Gasteiger partial charge < -0.3 is 13.7 Å². The number of hydrogen-bond acceptors (Lipinski definition) is 3. The second kappa shape index (κ2) is 8.25. The average Bonchev–Trinajstić information content (AvgIpc) is 3.40. The van der Waals surface area contributed by atoms with E-state index in [1.165, 1.54) is 10.8 Å². The molecule has 0 spiro atoms. The molecule has 0 fully saturated rings. The van der Waals surface area contributed by atoms with Gasteiger partial charge >= 0.3 is 0 Å². The summed E-state index contributed by atoms with van der Waals surface area (Å²) in [7, 11) is 0. The molecule has 0 bridgehead atoms. The molecule has 0 radical (unpaired) electrons. The Balaban J connectivity index is 1.46. The first-order valence-corrected chi connectivity index (χ1v) is 10.4. The van der Waals surface area contributed by atoms with Crippen molar-refractivity contribution in [3.8, 4) is 5.75 Å². The van der Waals surface area contributed by atoms with Crippen molar-refractivity contribution in [3.63, 3.8) is 0 Å². The number of nitrogens with zero attached hydrogens (tertiary/aromatic N) is 2. The lowest BCUT2D eigenvalue weighted by Crippen LogP contribution is -2.08. The Morgan fingerprint density at radius 3 is 2.50 bits per heavy atom. The van der Waals surface area contributed by atoms with Crippen LogP contribution in [0.15, 0.2) is 83.5 Å². The first-order chi connectivity index (χ1) is 14.8. The largest absolute Gasteiger partial charge is 0.486 e. The van der Waals surface area contributed by atoms with Crippen molar-refractivity contribution >= 4 is 33.4 Å². The normalized spacial score (nSPS) is 11.4. The first-order valence-electron chi connectivity index (χ1n) is 10.0. The number of halogens is 1. The molecule has 150 valence electrons. The predicted molar refractivity (Wildman–Crippen MR) is 120 cm³/mol. The van der Waals surface area contributed by atoms with Crippen LogP contribution in [0.3, 0.4) is 0 Å². The Morgan fingerprint density at radius 2 is 1.73 bits per heavy atom. The van der Waals surface area contributed by atoms with Gasteiger partial charge in [-0.25, -0.2) is 4.98 Å². The van der Waals surface area contributed by atoms with Gasteiger partial charge in [0.1, 0.15) is 23.9 Å². The summed E-state index contributed by atoms with van der Waals surface area (Å²) in [4.78, 5) is 4.90. The summed E-state index contributed by atoms with van der Waals surface area (Å²) in [5, 5.41) is 3.09. The Morgan fingerprint density at radius 1 is 0.933 bits per heavy atom. The van der Waals surface area contributed by atoms with Gasteiger partial charge in [-0.3, -0.25) is 0 Å². The molecule has 2 aromatic heterocycles. The number of furan rings is 1. The first kappa shape index (κ1) is 18.8. The van der Waals surface area contributed by atoms with Crippen molar-refractivity contribution in [2.75, 3.05) is 0 Å². The van der Waals surface area contributed by atoms with E-state index in [1.54, 1.807) is 6.26 Å². The van der Waals surface area contributed by atoms with Crippen molar-refractivity contribution in [3.05, 3.63) is 95.7 Å². The lowest BCUT2D eigenvalue weighted by Gasteiger charge is -2.11. The van der Waals surface area contributed by atoms with Crippen LogP contribution in [0.5, 0.6) is 5.75 Å². The van der Waals surface area contributed by atoms with Gasteiger partial charge in [-0.2, -0.15) is 0 Å². The highest BCUT2D eigenvalue weighted by Gasteiger charge is 2.13. The second-order valence-corrected chi connectivity index (χ2v) is 7.73. The van der Waals surface area contributed by atoms with Crippen LogP contribution in [0.4, 0.5) is 0 Å². The summed E-state index contributed by atoms with van der Waals surface area (Å²) >= 11 is 5.98. The van der Waals surface area contributed by atoms with E-state index in [1.807, 2.05) is 36.4 Å². The van der Waals surface area contributed by atoms with E-state index in [9.17, 15) is 0 Å². The van der Waals surface area contributed by atoms with E-state index < -0.39 is 0 Å². The fourth-order valence-corrected chi connectivity index (χ4v) is 3.89. The summed E-state index contributed by atoms with van der Waals surface area (Å²) in [6, 6.07) is 24.1. The molecule has 0 unspecified atom stereocenters. The third kappa shape index (κ3) is 3.91. The number of imidazole rings is 1. The van der Waals surface area contributed by atoms with Crippen LogP contribution in [0, 0.1) is 0 Å². The maximum absolute atomic E-state index is 6.01. The summed E-state index contributed by atoms with van der Waals surface area (Å²) < 4.78 is 13.8. The quantitative estimate of drug-likeness (QED) is 0.298. The topological polar surface area (TPSA) is 40.2 Å². The minimum Gasteiger partial charge on any atom is -0.486 e. The molecule has 5 heteroatoms. The van der Waals surface area contributed by atoms with Gasteiger partial charge in [0.2, 0.25) is 0 Å². The van der Waals surface area contributed by atoms with Gasteiger partial charge in [0, 0.05) is 18.0 Å². The van der Waals surface area contributed by atoms with E-state index in [0.29, 0.717) is 11.6 Å². The average molecular weight is 417 g/mol. The van der Waals surface area contributed by atoms with Crippen LogP contribution in [0.25, 0.3) is 21.8 Å². The molecule has 3 aromatic carbocycles. The zero-order valence-corrected chi connectivity index (χ0v) is 17.2. The van der Waals surface area contributed by atoms with Crippen molar-refractivity contribution in [2.45, 2.75) is 26.0 Å². The number of benzene rings is 3. The molecular formula is C25H21ClN2O2. The van der Waals surface area contributed by atoms with Crippen LogP contribution in [0.1, 0.15) is 18.0 Å². The number of aryl methyl sites for hydroxylation is 2. The third-order valence-electron chi connectivity index (χ3n) is 5.26. The molecule has 5 aromatic rings. The molecule has 0 atom stereocenters. The maximum Gasteiger partial charge on any atom is 0.147 e. The van der Waals surface area contributed by atoms with E-state index >= 15 is 0 Å². The second-order valence-electron chi connectivity index (χ2n) is 7.29. The Kier molecular flexibility index (Phi) is 5.16. The van der Waals surface area contributed by atoms with Gasteiger partial charge in [-0.1, -0.05) is 35.9 Å². The van der Waals surface area contributed by atoms with E-state index in [2.05, 4.69) is 41.0 Å². The molecule has 30 heavy (non-hydrogen) atoms. The number of rotatable bonds is 7. The zero-order valence-electron chi connectivity index (χ0n) is 16.4. The number of aromatic nitrogens is 2. The fraction of sp³-hybridized carbons (Fsp3) is 0.160. The Labute approximate surface area is 179 Å². The molecule has 0 aliphatic rings. The highest BCUT2D eigenvalue weighted by Crippen LogP contribution is 2.25. The smallest absolute Gasteiger partial charge is 0.147 e. The summed E-state index contributed by atoms with van der Waals surface area (Å²) in [6.07, 6.45) is 3.57. The van der Waals surface area contributed by atoms with Crippen molar-refractivity contribution < 1.29 is 9.15 Å². The molecule has 0 saturated carbocycles. The number of hydrogen-bond donors (Lipinski definition) is 0. The van der Waals surface area contributed by atoms with Gasteiger partial charge in [0.05, 0.1) is 17.3 Å². The van der Waals surface area contributed by atoms with Gasteiger partial charge in [0.25, 0.3) is 0 Å². The third-order valence-corrected chi connectivity index (χ3v) is 5.51. The van der Waals surface area contributed by atoms with Crippen LogP contribution in [-0.4, -0.2) is 9.55 Å². The summed E-state index contributed by atoms with van der Waals surface area (Å²) in [6.45, 7) is 1.24. The molecule has 2 heterocycles. The molecule has 0 aliphatic heterocycles. The van der Waals surface area contributed by atoms with Crippen molar-refractivity contribution in [1.29, 1.82) is 0 Å². The Hall–Kier alpha value is -3.24. The van der Waals surface area contributed by atoms with Crippen molar-refractivity contribution in [2.24, 2.45) is 0 Å². The predicted octanol–water partition coefficient (Wildman–Crippen LogP) is 6.65. The molecule has 4 nitrogen and oxygen atoms in total. The molecule has 0 saturated heterocycles. The monoisotopic (exact) mass is 416 g/mol. The molecule has 5 rings (SSSR count). The van der Waals surface area contributed by atoms with Gasteiger partial charge in [0.15, 0.2) is 0 Å². The van der Waals surface area contributed by atoms with Crippen molar-refractivity contribution in [1.82, 2.24) is 9.55 Å². The van der Waals surface area contributed by atoms with E-state index in [0.717, 1.165) is 47.8 Å². The van der Waals surface area contributed by atoms with E-state index in [-0.39, 0.29) is 0 Å².